The average molecular weight is 580 g/mol. The lowest BCUT2D eigenvalue weighted by Gasteiger charge is -2.58. The minimum Gasteiger partial charge on any atom is -0.390 e. The molecule has 4 saturated carbocycles. The number of amides is 2. The number of hydrogen-bond donors (Lipinski definition) is 2. The average Bonchev–Trinajstić information content (AvgIpc) is 3.20. The fourth-order valence-electron chi connectivity index (χ4n) is 8.61. The van der Waals surface area contributed by atoms with Crippen LogP contribution in [0.15, 0.2) is 48.5 Å². The van der Waals surface area contributed by atoms with Gasteiger partial charge in [0.2, 0.25) is 10.0 Å². The molecule has 0 spiro atoms. The van der Waals surface area contributed by atoms with Crippen molar-refractivity contribution in [3.63, 3.8) is 0 Å². The highest BCUT2D eigenvalue weighted by Crippen LogP contribution is 2.55. The molecule has 2 heterocycles. The largest absolute Gasteiger partial charge is 0.390 e. The Morgan fingerprint density at radius 1 is 0.854 bits per heavy atom. The Morgan fingerprint density at radius 2 is 1.54 bits per heavy atom. The van der Waals surface area contributed by atoms with Gasteiger partial charge in [-0.2, -0.15) is 0 Å². The van der Waals surface area contributed by atoms with Crippen LogP contribution in [0.1, 0.15) is 38.5 Å². The minimum absolute atomic E-state index is 0.0267. The predicted molar refractivity (Wildman–Crippen MR) is 161 cm³/mol. The number of sulfonamides is 1. The molecule has 4 bridgehead atoms. The maximum atomic E-state index is 13.7. The third kappa shape index (κ3) is 5.08. The van der Waals surface area contributed by atoms with E-state index in [2.05, 4.69) is 45.4 Å². The van der Waals surface area contributed by atoms with E-state index in [0.29, 0.717) is 50.5 Å². The molecule has 2 atom stereocenters. The molecule has 9 nitrogen and oxygen atoms in total. The number of benzene rings is 2. The zero-order valence-corrected chi connectivity index (χ0v) is 24.6. The van der Waals surface area contributed by atoms with Crippen LogP contribution >= 0.6 is 0 Å². The van der Waals surface area contributed by atoms with E-state index in [0.717, 1.165) is 67.8 Å². The molecule has 2 aromatic carbocycles. The second-order valence-electron chi connectivity index (χ2n) is 13.0. The van der Waals surface area contributed by atoms with Crippen molar-refractivity contribution in [3.8, 4) is 0 Å². The Bertz CT molecular complexity index is 1400. The molecule has 2 aliphatic heterocycles. The molecule has 1 saturated heterocycles. The Morgan fingerprint density at radius 3 is 2.22 bits per heavy atom. The number of aliphatic hydroxyl groups is 1. The summed E-state index contributed by atoms with van der Waals surface area (Å²) in [4.78, 5) is 20.1. The molecule has 8 rings (SSSR count). The Hall–Kier alpha value is -2.82. The smallest absolute Gasteiger partial charge is 0.322 e. The molecular weight excluding hydrogens is 538 g/mol. The summed E-state index contributed by atoms with van der Waals surface area (Å²) in [7, 11) is -3.17. The number of hydrogen-bond acceptors (Lipinski definition) is 6. The van der Waals surface area contributed by atoms with Gasteiger partial charge in [0.1, 0.15) is 0 Å². The summed E-state index contributed by atoms with van der Waals surface area (Å²) in [6.07, 6.45) is 6.91. The quantitative estimate of drug-likeness (QED) is 0.573. The minimum atomic E-state index is -3.17. The first-order chi connectivity index (χ1) is 19.7. The summed E-state index contributed by atoms with van der Waals surface area (Å²) in [6, 6.07) is 16.7. The van der Waals surface area contributed by atoms with Gasteiger partial charge in [-0.15, -0.1) is 0 Å². The van der Waals surface area contributed by atoms with Gasteiger partial charge in [-0.05, 0) is 92.7 Å². The maximum Gasteiger partial charge on any atom is 0.322 e. The van der Waals surface area contributed by atoms with Crippen molar-refractivity contribution in [2.75, 3.05) is 60.2 Å². The summed E-state index contributed by atoms with van der Waals surface area (Å²) >= 11 is 0. The van der Waals surface area contributed by atoms with E-state index >= 15 is 0 Å². The van der Waals surface area contributed by atoms with Gasteiger partial charge in [-0.25, -0.2) is 17.5 Å². The van der Waals surface area contributed by atoms with Gasteiger partial charge in [0.15, 0.2) is 0 Å². The van der Waals surface area contributed by atoms with Crippen LogP contribution in [-0.2, 0) is 10.0 Å². The molecule has 2 amide bonds. The number of urea groups is 1. The lowest BCUT2D eigenvalue weighted by atomic mass is 9.52. The molecule has 2 aromatic rings. The van der Waals surface area contributed by atoms with Crippen LogP contribution in [0.4, 0.5) is 27.5 Å². The highest BCUT2D eigenvalue weighted by atomic mass is 32.2. The fraction of sp³-hybridized carbons (Fsp3) is 0.581. The monoisotopic (exact) mass is 579 g/mol. The molecule has 5 fully saturated rings. The number of nitrogens with one attached hydrogen (secondary N) is 1. The second kappa shape index (κ2) is 10.2. The van der Waals surface area contributed by atoms with Crippen LogP contribution in [0.3, 0.4) is 0 Å². The molecular formula is C31H41N5O4S. The third-order valence-electron chi connectivity index (χ3n) is 10.2. The van der Waals surface area contributed by atoms with Crippen LogP contribution in [0, 0.1) is 17.8 Å². The maximum absolute atomic E-state index is 13.7. The van der Waals surface area contributed by atoms with Crippen molar-refractivity contribution < 1.29 is 18.3 Å². The van der Waals surface area contributed by atoms with Crippen molar-refractivity contribution in [3.05, 3.63) is 48.5 Å². The van der Waals surface area contributed by atoms with Crippen LogP contribution < -0.4 is 20.0 Å². The summed E-state index contributed by atoms with van der Waals surface area (Å²) in [5.74, 6) is 1.37. The van der Waals surface area contributed by atoms with Gasteiger partial charge in [0.05, 0.1) is 23.2 Å². The van der Waals surface area contributed by atoms with E-state index in [9.17, 15) is 18.3 Å². The Kier molecular flexibility index (Phi) is 6.71. The van der Waals surface area contributed by atoms with Crippen molar-refractivity contribution >= 4 is 38.8 Å². The van der Waals surface area contributed by atoms with E-state index in [-0.39, 0.29) is 12.1 Å². The van der Waals surface area contributed by atoms with Gasteiger partial charge in [0, 0.05) is 56.7 Å². The number of para-hydroxylation sites is 2. The van der Waals surface area contributed by atoms with Crippen molar-refractivity contribution in [2.45, 2.75) is 50.2 Å². The molecule has 41 heavy (non-hydrogen) atoms. The molecule has 0 aromatic heterocycles. The first-order valence-corrected chi connectivity index (χ1v) is 17.0. The summed E-state index contributed by atoms with van der Waals surface area (Å²) in [5.41, 5.74) is 3.59. The molecule has 4 aliphatic carbocycles. The zero-order valence-electron chi connectivity index (χ0n) is 23.8. The van der Waals surface area contributed by atoms with Crippen LogP contribution in [0.5, 0.6) is 0 Å². The lowest BCUT2D eigenvalue weighted by Crippen LogP contribution is -2.63. The molecule has 6 aliphatic rings. The van der Waals surface area contributed by atoms with Crippen molar-refractivity contribution in [1.82, 2.24) is 9.62 Å². The van der Waals surface area contributed by atoms with Crippen molar-refractivity contribution in [1.29, 1.82) is 0 Å². The van der Waals surface area contributed by atoms with Crippen LogP contribution in [-0.4, -0.2) is 81.0 Å². The number of carbonyl (C=O) groups excluding carboxylic acids is 1. The van der Waals surface area contributed by atoms with Crippen molar-refractivity contribution in [2.24, 2.45) is 17.8 Å². The third-order valence-corrected chi connectivity index (χ3v) is 11.5. The Labute approximate surface area is 243 Å². The Balaban J connectivity index is 1.05. The van der Waals surface area contributed by atoms with Crippen LogP contribution in [0.25, 0.3) is 0 Å². The number of fused-ring (bicyclic) bond motifs is 1. The molecule has 2 N–H and O–H groups in total. The summed E-state index contributed by atoms with van der Waals surface area (Å²) in [5, 5.41) is 14.4. The summed E-state index contributed by atoms with van der Waals surface area (Å²) in [6.45, 7) is 3.84. The van der Waals surface area contributed by atoms with Gasteiger partial charge in [-0.3, -0.25) is 4.90 Å². The van der Waals surface area contributed by atoms with Gasteiger partial charge in [0.25, 0.3) is 0 Å². The second-order valence-corrected chi connectivity index (χ2v) is 15.0. The molecule has 0 radical (unpaired) electrons. The highest BCUT2D eigenvalue weighted by molar-refractivity contribution is 7.88. The van der Waals surface area contributed by atoms with Gasteiger partial charge in [-0.1, -0.05) is 12.1 Å². The van der Waals surface area contributed by atoms with E-state index in [4.69, 9.17) is 0 Å². The van der Waals surface area contributed by atoms with Gasteiger partial charge >= 0.3 is 6.03 Å². The van der Waals surface area contributed by atoms with E-state index in [1.54, 1.807) is 4.31 Å². The highest BCUT2D eigenvalue weighted by Gasteiger charge is 2.55. The van der Waals surface area contributed by atoms with E-state index < -0.39 is 15.6 Å². The molecule has 220 valence electrons. The van der Waals surface area contributed by atoms with Crippen LogP contribution in [0.2, 0.25) is 0 Å². The number of nitrogens with zero attached hydrogens (tertiary/aromatic N) is 4. The fourth-order valence-corrected chi connectivity index (χ4v) is 9.48. The topological polar surface area (TPSA) is 96.4 Å². The predicted octanol–water partition coefficient (Wildman–Crippen LogP) is 3.77. The van der Waals surface area contributed by atoms with E-state index in [1.165, 1.54) is 6.26 Å². The van der Waals surface area contributed by atoms with Gasteiger partial charge < -0.3 is 20.2 Å². The number of rotatable bonds is 4. The SMILES string of the molecule is CS(=O)(=O)N1CCCN(c2ccc(N3CCN(C(=O)NC4C5CC6CC4CC(O)(C6)C5)c4ccccc43)cc2)CC1. The number of carbonyl (C=O) groups is 1. The lowest BCUT2D eigenvalue weighted by molar-refractivity contribution is -0.136. The first kappa shape index (κ1) is 27.0. The normalized spacial score (nSPS) is 31.6. The molecule has 2 unspecified atom stereocenters. The van der Waals surface area contributed by atoms with E-state index in [1.807, 2.05) is 23.1 Å². The molecule has 10 heteroatoms. The first-order valence-electron chi connectivity index (χ1n) is 15.1. The standard InChI is InChI=1S/C31H41N5O4S/c1-41(39,40)34-12-4-11-33(13-14-34)25-7-9-26(10-8-25)35-15-16-36(28-6-3-2-5-27(28)35)30(37)32-29-23-17-22-18-24(29)21-31(38,19-22)20-23/h2-3,5-10,22-24,29,38H,4,11-21H2,1H3,(H,32,37). The number of anilines is 4. The summed E-state index contributed by atoms with van der Waals surface area (Å²) < 4.78 is 25.6. The zero-order chi connectivity index (χ0) is 28.4.